The highest BCUT2D eigenvalue weighted by molar-refractivity contribution is 7.99. The highest BCUT2D eigenvalue weighted by atomic mass is 32.2. The van der Waals surface area contributed by atoms with E-state index in [2.05, 4.69) is 20.4 Å². The van der Waals surface area contributed by atoms with Crippen molar-refractivity contribution in [1.29, 1.82) is 0 Å². The van der Waals surface area contributed by atoms with Gasteiger partial charge in [-0.1, -0.05) is 0 Å². The maximum absolute atomic E-state index is 12.5. The standard InChI is InChI=1S/C20H21N5O2S/c1-11-10-12(2)22-20(21-11)28-16-8-6-15(7-9-16)23-19(27)18(26)17-13(3)24-25(5)14(17)4/h6-10H,1-5H3,(H,23,27). The average molecular weight is 395 g/mol. The van der Waals surface area contributed by atoms with Gasteiger partial charge in [0.05, 0.1) is 11.3 Å². The zero-order valence-electron chi connectivity index (χ0n) is 16.4. The van der Waals surface area contributed by atoms with Crippen LogP contribution in [0.25, 0.3) is 0 Å². The van der Waals surface area contributed by atoms with E-state index < -0.39 is 11.7 Å². The Labute approximate surface area is 167 Å². The summed E-state index contributed by atoms with van der Waals surface area (Å²) in [5.74, 6) is -1.28. The molecule has 2 heterocycles. The van der Waals surface area contributed by atoms with Gasteiger partial charge in [-0.05, 0) is 69.8 Å². The summed E-state index contributed by atoms with van der Waals surface area (Å²) in [6, 6.07) is 9.13. The highest BCUT2D eigenvalue weighted by Gasteiger charge is 2.23. The fraction of sp³-hybridized carbons (Fsp3) is 0.250. The van der Waals surface area contributed by atoms with Crippen LogP contribution in [-0.4, -0.2) is 31.4 Å². The number of Topliss-reactive ketones (excluding diaryl/α,β-unsaturated/α-hetero) is 1. The zero-order chi connectivity index (χ0) is 20.4. The van der Waals surface area contributed by atoms with Crippen LogP contribution in [0, 0.1) is 27.7 Å². The van der Waals surface area contributed by atoms with Gasteiger partial charge in [-0.15, -0.1) is 0 Å². The van der Waals surface area contributed by atoms with Gasteiger partial charge in [-0.25, -0.2) is 9.97 Å². The Morgan fingerprint density at radius 2 is 1.61 bits per heavy atom. The lowest BCUT2D eigenvalue weighted by molar-refractivity contribution is -0.112. The van der Waals surface area contributed by atoms with Crippen LogP contribution >= 0.6 is 11.8 Å². The lowest BCUT2D eigenvalue weighted by Crippen LogP contribution is -2.24. The molecule has 3 rings (SSSR count). The first-order valence-electron chi connectivity index (χ1n) is 8.70. The molecule has 0 atom stereocenters. The second-order valence-corrected chi connectivity index (χ2v) is 7.55. The third-order valence-electron chi connectivity index (χ3n) is 4.23. The van der Waals surface area contributed by atoms with Crippen molar-refractivity contribution in [2.24, 2.45) is 7.05 Å². The molecule has 0 aliphatic rings. The number of nitrogens with one attached hydrogen (secondary N) is 1. The minimum Gasteiger partial charge on any atom is -0.319 e. The monoisotopic (exact) mass is 395 g/mol. The Balaban J connectivity index is 1.70. The van der Waals surface area contributed by atoms with Crippen molar-refractivity contribution in [2.75, 3.05) is 5.32 Å². The number of hydrogen-bond acceptors (Lipinski definition) is 6. The van der Waals surface area contributed by atoms with Crippen LogP contribution in [0.4, 0.5) is 5.69 Å². The molecule has 7 nitrogen and oxygen atoms in total. The van der Waals surface area contributed by atoms with E-state index in [9.17, 15) is 9.59 Å². The Kier molecular flexibility index (Phi) is 5.60. The number of carbonyl (C=O) groups is 2. The second kappa shape index (κ2) is 7.93. The summed E-state index contributed by atoms with van der Waals surface area (Å²) in [4.78, 5) is 34.6. The number of amides is 1. The van der Waals surface area contributed by atoms with Gasteiger partial charge >= 0.3 is 0 Å². The lowest BCUT2D eigenvalue weighted by atomic mass is 10.1. The van der Waals surface area contributed by atoms with Gasteiger partial charge in [0, 0.05) is 34.7 Å². The lowest BCUT2D eigenvalue weighted by Gasteiger charge is -2.07. The quantitative estimate of drug-likeness (QED) is 0.404. The number of carbonyl (C=O) groups excluding carboxylic acids is 2. The van der Waals surface area contributed by atoms with E-state index in [0.29, 0.717) is 27.8 Å². The zero-order valence-corrected chi connectivity index (χ0v) is 17.2. The van der Waals surface area contributed by atoms with Gasteiger partial charge in [0.15, 0.2) is 5.16 Å². The molecule has 8 heteroatoms. The summed E-state index contributed by atoms with van der Waals surface area (Å²) in [7, 11) is 1.74. The van der Waals surface area contributed by atoms with Gasteiger partial charge in [0.1, 0.15) is 0 Å². The SMILES string of the molecule is Cc1cc(C)nc(Sc2ccc(NC(=O)C(=O)c3c(C)nn(C)c3C)cc2)n1. The van der Waals surface area contributed by atoms with Crippen LogP contribution in [0.2, 0.25) is 0 Å². The van der Waals surface area contributed by atoms with E-state index in [1.54, 1.807) is 37.7 Å². The largest absolute Gasteiger partial charge is 0.319 e. The van der Waals surface area contributed by atoms with Crippen molar-refractivity contribution in [2.45, 2.75) is 37.7 Å². The van der Waals surface area contributed by atoms with Crippen molar-refractivity contribution in [3.05, 3.63) is 58.7 Å². The van der Waals surface area contributed by atoms with Crippen LogP contribution in [0.15, 0.2) is 40.4 Å². The number of anilines is 1. The molecule has 0 aliphatic carbocycles. The molecule has 0 unspecified atom stereocenters. The molecular formula is C20H21N5O2S. The predicted octanol–water partition coefficient (Wildman–Crippen LogP) is 3.42. The summed E-state index contributed by atoms with van der Waals surface area (Å²) < 4.78 is 1.59. The van der Waals surface area contributed by atoms with Crippen molar-refractivity contribution < 1.29 is 9.59 Å². The van der Waals surface area contributed by atoms with E-state index >= 15 is 0 Å². The Morgan fingerprint density at radius 3 is 2.14 bits per heavy atom. The van der Waals surface area contributed by atoms with Crippen molar-refractivity contribution in [1.82, 2.24) is 19.7 Å². The Bertz CT molecular complexity index is 1040. The number of aromatic nitrogens is 4. The number of benzene rings is 1. The first-order chi connectivity index (χ1) is 13.2. The molecule has 0 fully saturated rings. The number of hydrogen-bond donors (Lipinski definition) is 1. The molecule has 0 saturated heterocycles. The number of nitrogens with zero attached hydrogens (tertiary/aromatic N) is 4. The average Bonchev–Trinajstić information content (AvgIpc) is 2.87. The smallest absolute Gasteiger partial charge is 0.296 e. The molecule has 0 saturated carbocycles. The molecule has 0 bridgehead atoms. The normalized spacial score (nSPS) is 10.8. The summed E-state index contributed by atoms with van der Waals surface area (Å²) in [6.45, 7) is 7.34. The molecule has 0 radical (unpaired) electrons. The first-order valence-corrected chi connectivity index (χ1v) is 9.52. The number of ketones is 1. The fourth-order valence-electron chi connectivity index (χ4n) is 2.85. The van der Waals surface area contributed by atoms with E-state index in [-0.39, 0.29) is 0 Å². The maximum atomic E-state index is 12.5. The van der Waals surface area contributed by atoms with Crippen molar-refractivity contribution >= 4 is 29.1 Å². The molecular weight excluding hydrogens is 374 g/mol. The van der Waals surface area contributed by atoms with Gasteiger partial charge in [0.2, 0.25) is 0 Å². The minimum absolute atomic E-state index is 0.346. The summed E-state index contributed by atoms with van der Waals surface area (Å²) in [6.07, 6.45) is 0. The topological polar surface area (TPSA) is 89.8 Å². The van der Waals surface area contributed by atoms with Gasteiger partial charge in [0.25, 0.3) is 11.7 Å². The molecule has 1 N–H and O–H groups in total. The van der Waals surface area contributed by atoms with E-state index in [4.69, 9.17) is 0 Å². The fourth-order valence-corrected chi connectivity index (χ4v) is 3.72. The molecule has 144 valence electrons. The first kappa shape index (κ1) is 19.8. The molecule has 0 aliphatic heterocycles. The third kappa shape index (κ3) is 4.28. The summed E-state index contributed by atoms with van der Waals surface area (Å²) in [5, 5.41) is 7.51. The van der Waals surface area contributed by atoms with Crippen LogP contribution in [0.1, 0.15) is 33.1 Å². The minimum atomic E-state index is -0.683. The molecule has 2 aromatic heterocycles. The number of aryl methyl sites for hydroxylation is 4. The van der Waals surface area contributed by atoms with Crippen LogP contribution in [0.5, 0.6) is 0 Å². The van der Waals surface area contributed by atoms with E-state index in [1.807, 2.05) is 32.0 Å². The van der Waals surface area contributed by atoms with E-state index in [1.165, 1.54) is 11.8 Å². The van der Waals surface area contributed by atoms with Crippen LogP contribution in [-0.2, 0) is 11.8 Å². The highest BCUT2D eigenvalue weighted by Crippen LogP contribution is 2.26. The Morgan fingerprint density at radius 1 is 1.00 bits per heavy atom. The molecule has 3 aromatic rings. The molecule has 1 amide bonds. The second-order valence-electron chi connectivity index (χ2n) is 6.51. The van der Waals surface area contributed by atoms with Crippen molar-refractivity contribution in [3.8, 4) is 0 Å². The van der Waals surface area contributed by atoms with Crippen LogP contribution in [0.3, 0.4) is 0 Å². The van der Waals surface area contributed by atoms with E-state index in [0.717, 1.165) is 16.3 Å². The third-order valence-corrected chi connectivity index (χ3v) is 5.10. The van der Waals surface area contributed by atoms with Gasteiger partial charge in [-0.3, -0.25) is 14.3 Å². The number of rotatable bonds is 5. The summed E-state index contributed by atoms with van der Waals surface area (Å²) >= 11 is 1.44. The van der Waals surface area contributed by atoms with Gasteiger partial charge < -0.3 is 5.32 Å². The molecule has 1 aromatic carbocycles. The van der Waals surface area contributed by atoms with Crippen molar-refractivity contribution in [3.63, 3.8) is 0 Å². The summed E-state index contributed by atoms with van der Waals surface area (Å²) in [5.41, 5.74) is 3.93. The molecule has 28 heavy (non-hydrogen) atoms. The van der Waals surface area contributed by atoms with Crippen LogP contribution < -0.4 is 5.32 Å². The van der Waals surface area contributed by atoms with Gasteiger partial charge in [-0.2, -0.15) is 5.10 Å². The maximum Gasteiger partial charge on any atom is 0.296 e. The Hall–Kier alpha value is -3.00. The predicted molar refractivity (Wildman–Crippen MR) is 108 cm³/mol. The molecule has 0 spiro atoms.